The average molecular weight is 575 g/mol. The lowest BCUT2D eigenvalue weighted by atomic mass is 10.1. The number of thioether (sulfide) groups is 1. The van der Waals surface area contributed by atoms with Crippen molar-refractivity contribution in [1.82, 2.24) is 5.32 Å². The number of phosphoric ester groups is 1. The van der Waals surface area contributed by atoms with Crippen LogP contribution in [0.4, 0.5) is 0 Å². The van der Waals surface area contributed by atoms with Crippen molar-refractivity contribution in [3.63, 3.8) is 0 Å². The molecule has 1 aliphatic carbocycles. The second kappa shape index (κ2) is 13.7. The van der Waals surface area contributed by atoms with Crippen LogP contribution < -0.4 is 21.4 Å². The van der Waals surface area contributed by atoms with Gasteiger partial charge in [0.1, 0.15) is 28.9 Å². The fourth-order valence-corrected chi connectivity index (χ4v) is 4.84. The lowest BCUT2D eigenvalue weighted by Crippen LogP contribution is -2.54. The molecule has 1 fully saturated rings. The molecule has 0 spiro atoms. The number of oxime groups is 1. The number of aliphatic imine (C=N–C) groups is 1. The van der Waals surface area contributed by atoms with Crippen LogP contribution in [0.3, 0.4) is 0 Å². The van der Waals surface area contributed by atoms with E-state index in [1.54, 1.807) is 13.0 Å². The predicted octanol–water partition coefficient (Wildman–Crippen LogP) is 2.47. The molecular formula is C23H35N4O9PS. The molecule has 0 radical (unpaired) electrons. The highest BCUT2D eigenvalue weighted by molar-refractivity contribution is 8.16. The zero-order valence-corrected chi connectivity index (χ0v) is 23.2. The Hall–Kier alpha value is -2.22. The van der Waals surface area contributed by atoms with Crippen LogP contribution in [0.25, 0.3) is 0 Å². The lowest BCUT2D eigenvalue weighted by molar-refractivity contribution is -0.126. The van der Waals surface area contributed by atoms with E-state index in [0.717, 1.165) is 19.3 Å². The van der Waals surface area contributed by atoms with Crippen LogP contribution in [0.1, 0.15) is 64.2 Å². The van der Waals surface area contributed by atoms with Gasteiger partial charge in [0.25, 0.3) is 5.91 Å². The molecule has 0 aromatic carbocycles. The third-order valence-electron chi connectivity index (χ3n) is 5.70. The first-order valence-corrected chi connectivity index (χ1v) is 15.0. The maximum absolute atomic E-state index is 13.2. The zero-order chi connectivity index (χ0) is 27.8. The first kappa shape index (κ1) is 30.3. The highest BCUT2D eigenvalue weighted by Crippen LogP contribution is 2.35. The van der Waals surface area contributed by atoms with E-state index in [-0.39, 0.29) is 19.0 Å². The molecule has 0 unspecified atom stereocenters. The number of amides is 1. The summed E-state index contributed by atoms with van der Waals surface area (Å²) in [6.45, 7) is 4.29. The molecule has 2 heterocycles. The summed E-state index contributed by atoms with van der Waals surface area (Å²) in [5.41, 5.74) is 4.69. The molecule has 38 heavy (non-hydrogen) atoms. The molecule has 5 N–H and O–H groups in total. The summed E-state index contributed by atoms with van der Waals surface area (Å²) in [5, 5.41) is 7.33. The Balaban J connectivity index is 1.57. The third kappa shape index (κ3) is 9.83. The minimum absolute atomic E-state index is 0.0933. The van der Waals surface area contributed by atoms with Crippen molar-refractivity contribution in [1.29, 1.82) is 0 Å². The highest BCUT2D eigenvalue weighted by atomic mass is 32.2. The van der Waals surface area contributed by atoms with Crippen molar-refractivity contribution in [3.8, 4) is 5.75 Å². The number of hydrogen-bond acceptors (Lipinski definition) is 11. The fraction of sp³-hybridized carbons (Fsp3) is 0.652. The maximum atomic E-state index is 13.2. The Morgan fingerprint density at radius 3 is 2.79 bits per heavy atom. The normalized spacial score (nSPS) is 20.7. The van der Waals surface area contributed by atoms with E-state index in [0.29, 0.717) is 54.1 Å². The molecular weight excluding hydrogens is 539 g/mol. The molecule has 0 bridgehead atoms. The van der Waals surface area contributed by atoms with Crippen LogP contribution in [-0.2, 0) is 18.7 Å². The van der Waals surface area contributed by atoms with E-state index in [4.69, 9.17) is 29.5 Å². The summed E-state index contributed by atoms with van der Waals surface area (Å²) in [5.74, 6) is 0.916. The molecule has 212 valence electrons. The third-order valence-corrected chi connectivity index (χ3v) is 7.46. The summed E-state index contributed by atoms with van der Waals surface area (Å²) in [7, 11) is -4.47. The lowest BCUT2D eigenvalue weighted by Gasteiger charge is -2.24. The molecule has 2 aliphatic rings. The number of rotatable bonds is 16. The van der Waals surface area contributed by atoms with Crippen LogP contribution in [0.2, 0.25) is 0 Å². The van der Waals surface area contributed by atoms with E-state index in [1.165, 1.54) is 17.8 Å². The highest BCUT2D eigenvalue weighted by Gasteiger charge is 2.41. The summed E-state index contributed by atoms with van der Waals surface area (Å²) in [6.07, 6.45) is 4.34. The van der Waals surface area contributed by atoms with Crippen LogP contribution >= 0.6 is 19.6 Å². The van der Waals surface area contributed by atoms with Gasteiger partial charge in [-0.15, -0.1) is 11.8 Å². The number of phosphoric acid groups is 1. The summed E-state index contributed by atoms with van der Waals surface area (Å²) in [6, 6.07) is 2.35. The van der Waals surface area contributed by atoms with Crippen LogP contribution in [0.15, 0.2) is 31.5 Å². The van der Waals surface area contributed by atoms with Crippen molar-refractivity contribution in [2.45, 2.75) is 64.1 Å². The van der Waals surface area contributed by atoms with E-state index in [1.807, 2.05) is 6.92 Å². The van der Waals surface area contributed by atoms with Gasteiger partial charge in [-0.1, -0.05) is 18.5 Å². The van der Waals surface area contributed by atoms with E-state index < -0.39 is 31.1 Å². The van der Waals surface area contributed by atoms with Gasteiger partial charge < -0.3 is 29.1 Å². The Bertz CT molecular complexity index is 1130. The van der Waals surface area contributed by atoms with Crippen molar-refractivity contribution in [2.24, 2.45) is 21.8 Å². The number of ether oxygens (including phenoxy) is 1. The van der Waals surface area contributed by atoms with Gasteiger partial charge in [0, 0.05) is 11.8 Å². The molecule has 1 amide bonds. The maximum Gasteiger partial charge on any atom is 0.469 e. The van der Waals surface area contributed by atoms with Crippen molar-refractivity contribution in [3.05, 3.63) is 28.3 Å². The molecule has 0 saturated heterocycles. The molecule has 1 saturated carbocycles. The first-order chi connectivity index (χ1) is 18.0. The predicted molar refractivity (Wildman–Crippen MR) is 142 cm³/mol. The van der Waals surface area contributed by atoms with E-state index in [9.17, 15) is 14.2 Å². The summed E-state index contributed by atoms with van der Waals surface area (Å²) < 4.78 is 26.1. The second-order valence-electron chi connectivity index (χ2n) is 9.25. The number of nitrogens with one attached hydrogen (secondary N) is 1. The Morgan fingerprint density at radius 2 is 2.11 bits per heavy atom. The molecule has 1 aromatic heterocycles. The largest absolute Gasteiger partial charge is 0.493 e. The van der Waals surface area contributed by atoms with Crippen LogP contribution in [0.5, 0.6) is 5.75 Å². The Morgan fingerprint density at radius 1 is 1.37 bits per heavy atom. The number of hydrogen-bond donors (Lipinski definition) is 4. The van der Waals surface area contributed by atoms with Gasteiger partial charge in [-0.3, -0.25) is 15.1 Å². The van der Waals surface area contributed by atoms with Gasteiger partial charge in [0.2, 0.25) is 0 Å². The van der Waals surface area contributed by atoms with Crippen molar-refractivity contribution < 1.29 is 37.7 Å². The molecule has 1 aromatic rings. The number of nitrogens with zero attached hydrogens (tertiary/aromatic N) is 2. The van der Waals surface area contributed by atoms with Gasteiger partial charge in [0.05, 0.1) is 25.3 Å². The number of unbranched alkanes of at least 4 members (excludes halogenated alkanes) is 1. The molecule has 3 rings (SSSR count). The van der Waals surface area contributed by atoms with Crippen molar-refractivity contribution in [2.75, 3.05) is 25.6 Å². The molecule has 15 heteroatoms. The topological polar surface area (TPSA) is 195 Å². The number of carbonyl (C=O) groups excluding carboxylic acids is 1. The standard InChI is InChI=1S/C23H35N4O9PS/c1-3-6-18(19-11-17(12-20(28)36-19)33-13-16-7-8-16)25-22(29)23(24)14-38-21(26-23)15(2)27-34-9-4-5-10-35-37(30,31)32/h11-12,16,18H,3-10,13-14,24H2,1-2H3,(H,25,29)(H2,30,31,32)/b27-15+/t18-,23+/m1/s1. The molecule has 2 atom stereocenters. The summed E-state index contributed by atoms with van der Waals surface area (Å²) in [4.78, 5) is 52.2. The SMILES string of the molecule is CCC[C@@H](NC(=O)[C@]1(N)CSC(/C(C)=N/OCCCCOP(=O)(O)O)=N1)c1cc(OCC2CC2)cc(=O)o1. The minimum Gasteiger partial charge on any atom is -0.493 e. The summed E-state index contributed by atoms with van der Waals surface area (Å²) >= 11 is 1.27. The van der Waals surface area contributed by atoms with Gasteiger partial charge in [-0.05, 0) is 44.9 Å². The minimum atomic E-state index is -4.47. The number of carbonyl (C=O) groups is 1. The first-order valence-electron chi connectivity index (χ1n) is 12.5. The van der Waals surface area contributed by atoms with E-state index >= 15 is 0 Å². The van der Waals surface area contributed by atoms with Gasteiger partial charge in [0.15, 0.2) is 5.66 Å². The Kier molecular flexibility index (Phi) is 10.9. The monoisotopic (exact) mass is 574 g/mol. The molecule has 1 aliphatic heterocycles. The fourth-order valence-electron chi connectivity index (χ4n) is 3.44. The van der Waals surface area contributed by atoms with Gasteiger partial charge in [-0.25, -0.2) is 14.4 Å². The second-order valence-corrected chi connectivity index (χ2v) is 11.5. The Labute approximate surface area is 224 Å². The van der Waals surface area contributed by atoms with Gasteiger partial charge in [-0.2, -0.15) is 0 Å². The quantitative estimate of drug-likeness (QED) is 0.0980. The smallest absolute Gasteiger partial charge is 0.469 e. The van der Waals surface area contributed by atoms with Crippen LogP contribution in [0, 0.1) is 5.92 Å². The zero-order valence-electron chi connectivity index (χ0n) is 21.5. The van der Waals surface area contributed by atoms with Crippen molar-refractivity contribution >= 4 is 36.2 Å². The number of nitrogens with two attached hydrogens (primary N) is 1. The van der Waals surface area contributed by atoms with E-state index in [2.05, 4.69) is 20.0 Å². The average Bonchev–Trinajstić information content (AvgIpc) is 3.59. The van der Waals surface area contributed by atoms with Crippen LogP contribution in [-0.4, -0.2) is 57.7 Å². The molecule has 13 nitrogen and oxygen atoms in total. The van der Waals surface area contributed by atoms with Gasteiger partial charge >= 0.3 is 13.4 Å².